The Kier molecular flexibility index (Phi) is 6.44. The summed E-state index contributed by atoms with van der Waals surface area (Å²) >= 11 is 0. The van der Waals surface area contributed by atoms with Gasteiger partial charge in [-0.15, -0.1) is 0 Å². The minimum atomic E-state index is -3.69. The third-order valence-corrected chi connectivity index (χ3v) is 5.64. The summed E-state index contributed by atoms with van der Waals surface area (Å²) in [7, 11) is -3.69. The summed E-state index contributed by atoms with van der Waals surface area (Å²) < 4.78 is 32.6. The smallest absolute Gasteiger partial charge is 0.261 e. The molecule has 27 heavy (non-hydrogen) atoms. The van der Waals surface area contributed by atoms with Crippen molar-refractivity contribution in [1.82, 2.24) is 10.2 Å². The molecule has 0 radical (unpaired) electrons. The Morgan fingerprint density at radius 2 is 1.78 bits per heavy atom. The van der Waals surface area contributed by atoms with Crippen molar-refractivity contribution >= 4 is 21.6 Å². The first-order chi connectivity index (χ1) is 13.0. The largest absolute Gasteiger partial charge is 0.379 e. The van der Waals surface area contributed by atoms with Crippen LogP contribution in [-0.4, -0.2) is 58.6 Å². The van der Waals surface area contributed by atoms with E-state index in [0.29, 0.717) is 17.8 Å². The van der Waals surface area contributed by atoms with Crippen molar-refractivity contribution in [2.75, 3.05) is 44.1 Å². The van der Waals surface area contributed by atoms with Crippen LogP contribution in [0, 0.1) is 0 Å². The van der Waals surface area contributed by atoms with E-state index in [1.165, 1.54) is 18.2 Å². The highest BCUT2D eigenvalue weighted by molar-refractivity contribution is 7.92. The molecule has 0 saturated carbocycles. The molecule has 0 bridgehead atoms. The van der Waals surface area contributed by atoms with Crippen LogP contribution < -0.4 is 10.0 Å². The van der Waals surface area contributed by atoms with Crippen molar-refractivity contribution in [3.8, 4) is 0 Å². The Balaban J connectivity index is 1.58. The van der Waals surface area contributed by atoms with Gasteiger partial charge < -0.3 is 10.1 Å². The van der Waals surface area contributed by atoms with Gasteiger partial charge in [0.15, 0.2) is 0 Å². The van der Waals surface area contributed by atoms with Gasteiger partial charge in [0.2, 0.25) is 0 Å². The molecule has 2 aromatic carbocycles. The molecule has 1 heterocycles. The molecule has 0 atom stereocenters. The number of amides is 1. The summed E-state index contributed by atoms with van der Waals surface area (Å²) in [5.74, 6) is -0.232. The molecule has 2 N–H and O–H groups in total. The van der Waals surface area contributed by atoms with Crippen LogP contribution in [0.1, 0.15) is 10.4 Å². The Morgan fingerprint density at radius 3 is 2.52 bits per heavy atom. The molecule has 0 unspecified atom stereocenters. The molecule has 1 aliphatic rings. The number of nitrogens with zero attached hydrogens (tertiary/aromatic N) is 1. The number of ether oxygens (including phenoxy) is 1. The first-order valence-electron chi connectivity index (χ1n) is 8.81. The van der Waals surface area contributed by atoms with E-state index in [9.17, 15) is 13.2 Å². The number of hydrogen-bond donors (Lipinski definition) is 2. The zero-order valence-electron chi connectivity index (χ0n) is 14.9. The lowest BCUT2D eigenvalue weighted by molar-refractivity contribution is 0.0383. The van der Waals surface area contributed by atoms with E-state index in [4.69, 9.17) is 4.74 Å². The number of sulfonamides is 1. The van der Waals surface area contributed by atoms with E-state index in [1.807, 2.05) is 0 Å². The third kappa shape index (κ3) is 5.53. The fraction of sp³-hybridized carbons (Fsp3) is 0.316. The summed E-state index contributed by atoms with van der Waals surface area (Å²) in [5.41, 5.74) is 0.755. The molecule has 1 amide bonds. The number of anilines is 1. The maximum atomic E-state index is 12.4. The molecular weight excluding hydrogens is 366 g/mol. The number of nitrogens with one attached hydrogen (secondary N) is 2. The van der Waals surface area contributed by atoms with Gasteiger partial charge in [0.25, 0.3) is 15.9 Å². The molecule has 0 aromatic heterocycles. The van der Waals surface area contributed by atoms with E-state index in [0.717, 1.165) is 32.8 Å². The number of rotatable bonds is 7. The van der Waals surface area contributed by atoms with Crippen LogP contribution in [-0.2, 0) is 14.8 Å². The first-order valence-corrected chi connectivity index (χ1v) is 10.3. The summed E-state index contributed by atoms with van der Waals surface area (Å²) in [5, 5.41) is 2.87. The highest BCUT2D eigenvalue weighted by Crippen LogP contribution is 2.17. The maximum Gasteiger partial charge on any atom is 0.261 e. The van der Waals surface area contributed by atoms with E-state index in [1.54, 1.807) is 36.4 Å². The van der Waals surface area contributed by atoms with Gasteiger partial charge in [-0.2, -0.15) is 0 Å². The summed E-state index contributed by atoms with van der Waals surface area (Å²) in [4.78, 5) is 14.7. The van der Waals surface area contributed by atoms with Gasteiger partial charge in [-0.05, 0) is 30.3 Å². The summed E-state index contributed by atoms with van der Waals surface area (Å²) in [6.07, 6.45) is 0. The number of hydrogen-bond acceptors (Lipinski definition) is 5. The molecule has 0 spiro atoms. The molecular formula is C19H23N3O4S. The van der Waals surface area contributed by atoms with E-state index in [-0.39, 0.29) is 10.8 Å². The average molecular weight is 389 g/mol. The fourth-order valence-electron chi connectivity index (χ4n) is 2.79. The zero-order valence-corrected chi connectivity index (χ0v) is 15.7. The van der Waals surface area contributed by atoms with E-state index < -0.39 is 10.0 Å². The number of carbonyl (C=O) groups excluding carboxylic acids is 1. The van der Waals surface area contributed by atoms with Gasteiger partial charge >= 0.3 is 0 Å². The first kappa shape index (κ1) is 19.3. The van der Waals surface area contributed by atoms with Crippen LogP contribution in [0.3, 0.4) is 0 Å². The van der Waals surface area contributed by atoms with Crippen LogP contribution in [0.5, 0.6) is 0 Å². The number of benzene rings is 2. The Bertz CT molecular complexity index is 866. The molecule has 8 heteroatoms. The second-order valence-corrected chi connectivity index (χ2v) is 7.89. The van der Waals surface area contributed by atoms with Gasteiger partial charge in [-0.25, -0.2) is 8.42 Å². The van der Waals surface area contributed by atoms with Crippen LogP contribution in [0.4, 0.5) is 5.69 Å². The van der Waals surface area contributed by atoms with Crippen molar-refractivity contribution in [2.45, 2.75) is 4.90 Å². The van der Waals surface area contributed by atoms with Crippen molar-refractivity contribution in [3.63, 3.8) is 0 Å². The van der Waals surface area contributed by atoms with Crippen molar-refractivity contribution in [2.24, 2.45) is 0 Å². The Labute approximate surface area is 159 Å². The van der Waals surface area contributed by atoms with Crippen LogP contribution >= 0.6 is 0 Å². The van der Waals surface area contributed by atoms with Gasteiger partial charge in [0, 0.05) is 37.4 Å². The normalized spacial score (nSPS) is 15.3. The van der Waals surface area contributed by atoms with Gasteiger partial charge in [-0.3, -0.25) is 14.4 Å². The Hall–Kier alpha value is -2.42. The molecule has 0 aliphatic carbocycles. The minimum absolute atomic E-state index is 0.172. The average Bonchev–Trinajstić information content (AvgIpc) is 2.69. The molecule has 2 aromatic rings. The highest BCUT2D eigenvalue weighted by Gasteiger charge is 2.15. The molecule has 1 fully saturated rings. The standard InChI is InChI=1S/C19H23N3O4S/c23-19(20-9-10-22-11-13-26-14-12-22)16-5-4-6-17(15-16)21-27(24,25)18-7-2-1-3-8-18/h1-8,15,21H,9-14H2,(H,20,23). The predicted molar refractivity (Wildman–Crippen MR) is 103 cm³/mol. The lowest BCUT2D eigenvalue weighted by Crippen LogP contribution is -2.41. The van der Waals surface area contributed by atoms with Gasteiger partial charge in [-0.1, -0.05) is 24.3 Å². The molecule has 1 aliphatic heterocycles. The molecule has 1 saturated heterocycles. The van der Waals surface area contributed by atoms with Crippen LogP contribution in [0.2, 0.25) is 0 Å². The second-order valence-electron chi connectivity index (χ2n) is 6.21. The lowest BCUT2D eigenvalue weighted by atomic mass is 10.2. The zero-order chi connectivity index (χ0) is 19.1. The Morgan fingerprint density at radius 1 is 1.04 bits per heavy atom. The minimum Gasteiger partial charge on any atom is -0.379 e. The van der Waals surface area contributed by atoms with Crippen molar-refractivity contribution < 1.29 is 17.9 Å². The third-order valence-electron chi connectivity index (χ3n) is 4.25. The van der Waals surface area contributed by atoms with Gasteiger partial charge in [0.05, 0.1) is 18.1 Å². The monoisotopic (exact) mass is 389 g/mol. The molecule has 7 nitrogen and oxygen atoms in total. The van der Waals surface area contributed by atoms with E-state index >= 15 is 0 Å². The topological polar surface area (TPSA) is 87.7 Å². The summed E-state index contributed by atoms with van der Waals surface area (Å²) in [6.45, 7) is 4.46. The highest BCUT2D eigenvalue weighted by atomic mass is 32.2. The van der Waals surface area contributed by atoms with Crippen molar-refractivity contribution in [1.29, 1.82) is 0 Å². The molecule has 144 valence electrons. The molecule has 3 rings (SSSR count). The number of morpholine rings is 1. The maximum absolute atomic E-state index is 12.4. The predicted octanol–water partition coefficient (Wildman–Crippen LogP) is 1.55. The second kappa shape index (κ2) is 8.98. The number of carbonyl (C=O) groups is 1. The van der Waals surface area contributed by atoms with Crippen molar-refractivity contribution in [3.05, 3.63) is 60.2 Å². The summed E-state index contributed by atoms with van der Waals surface area (Å²) in [6, 6.07) is 14.6. The SMILES string of the molecule is O=C(NCCN1CCOCC1)c1cccc(NS(=O)(=O)c2ccccc2)c1. The van der Waals surface area contributed by atoms with Crippen LogP contribution in [0.25, 0.3) is 0 Å². The van der Waals surface area contributed by atoms with Gasteiger partial charge in [0.1, 0.15) is 0 Å². The van der Waals surface area contributed by atoms with E-state index in [2.05, 4.69) is 14.9 Å². The quantitative estimate of drug-likeness (QED) is 0.750. The van der Waals surface area contributed by atoms with Crippen LogP contribution in [0.15, 0.2) is 59.5 Å². The lowest BCUT2D eigenvalue weighted by Gasteiger charge is -2.26. The fourth-order valence-corrected chi connectivity index (χ4v) is 3.86.